The van der Waals surface area contributed by atoms with Crippen molar-refractivity contribution in [1.29, 1.82) is 0 Å². The minimum Gasteiger partial charge on any atom is -0.465 e. The Morgan fingerprint density at radius 1 is 0.827 bits per heavy atom. The largest absolute Gasteiger partial charge is 0.465 e. The van der Waals surface area contributed by atoms with E-state index in [2.05, 4.69) is 48.9 Å². The summed E-state index contributed by atoms with van der Waals surface area (Å²) in [5.41, 5.74) is 2.65. The lowest BCUT2D eigenvalue weighted by Gasteiger charge is -2.33. The van der Waals surface area contributed by atoms with Gasteiger partial charge in [0.15, 0.2) is 0 Å². The quantitative estimate of drug-likeness (QED) is 0.251. The molecule has 2 fully saturated rings. The number of benzene rings is 1. The van der Waals surface area contributed by atoms with Gasteiger partial charge in [0, 0.05) is 43.7 Å². The minimum atomic E-state index is -1.14. The van der Waals surface area contributed by atoms with Gasteiger partial charge in [0.1, 0.15) is 35.1 Å². The number of H-pyrrole nitrogens is 2. The summed E-state index contributed by atoms with van der Waals surface area (Å²) >= 11 is 0. The molecule has 274 valence electrons. The molecule has 2 aliphatic rings. The lowest BCUT2D eigenvalue weighted by molar-refractivity contribution is -0.138. The summed E-state index contributed by atoms with van der Waals surface area (Å²) in [6.45, 7) is 8.55. The molecular weight excluding hydrogens is 664 g/mol. The lowest BCUT2D eigenvalue weighted by atomic mass is 10.0. The number of aromatic nitrogens is 4. The molecule has 4 N–H and O–H groups in total. The Labute approximate surface area is 303 Å². The van der Waals surface area contributed by atoms with Crippen molar-refractivity contribution < 1.29 is 29.0 Å². The number of alkyl carbamates (subject to hydrolysis) is 1. The number of hydrogen-bond donors (Lipinski definition) is 4. The first-order valence-corrected chi connectivity index (χ1v) is 17.5. The highest BCUT2D eigenvalue weighted by Crippen LogP contribution is 2.33. The van der Waals surface area contributed by atoms with E-state index in [1.165, 1.54) is 14.2 Å². The maximum atomic E-state index is 13.5. The Kier molecular flexibility index (Phi) is 11.9. The maximum absolute atomic E-state index is 13.5. The van der Waals surface area contributed by atoms with E-state index in [-0.39, 0.29) is 35.7 Å². The van der Waals surface area contributed by atoms with Crippen molar-refractivity contribution in [1.82, 2.24) is 40.0 Å². The van der Waals surface area contributed by atoms with Crippen molar-refractivity contribution in [2.45, 2.75) is 77.5 Å². The number of aromatic amines is 2. The second-order valence-corrected chi connectivity index (χ2v) is 13.7. The number of carbonyl (C=O) groups is 4. The van der Waals surface area contributed by atoms with Crippen LogP contribution in [0.25, 0.3) is 0 Å². The summed E-state index contributed by atoms with van der Waals surface area (Å²) < 4.78 is 4.72. The number of nitrogens with zero attached hydrogens (tertiary/aromatic N) is 5. The molecule has 52 heavy (non-hydrogen) atoms. The van der Waals surface area contributed by atoms with Crippen molar-refractivity contribution in [3.63, 3.8) is 0 Å². The zero-order valence-corrected chi connectivity index (χ0v) is 30.4. The van der Waals surface area contributed by atoms with Crippen LogP contribution >= 0.6 is 0 Å². The van der Waals surface area contributed by atoms with Crippen LogP contribution in [0, 0.1) is 35.5 Å². The maximum Gasteiger partial charge on any atom is 0.407 e. The van der Waals surface area contributed by atoms with E-state index in [0.717, 1.165) is 41.7 Å². The number of likely N-dealkylation sites (tertiary alicyclic amines) is 2. The van der Waals surface area contributed by atoms with Crippen molar-refractivity contribution in [3.8, 4) is 23.7 Å². The highest BCUT2D eigenvalue weighted by atomic mass is 16.5. The average molecular weight is 711 g/mol. The Bertz CT molecular complexity index is 1890. The fourth-order valence-electron chi connectivity index (χ4n) is 6.75. The molecule has 14 nitrogen and oxygen atoms in total. The molecule has 3 aromatic rings. The van der Waals surface area contributed by atoms with Gasteiger partial charge in [-0.2, -0.15) is 0 Å². The summed E-state index contributed by atoms with van der Waals surface area (Å²) in [7, 11) is 2.70. The normalized spacial score (nSPS) is 17.9. The Morgan fingerprint density at radius 2 is 1.31 bits per heavy atom. The van der Waals surface area contributed by atoms with Crippen LogP contribution in [-0.2, 0) is 14.3 Å². The predicted molar refractivity (Wildman–Crippen MR) is 192 cm³/mol. The first-order valence-electron chi connectivity index (χ1n) is 17.5. The molecule has 0 radical (unpaired) electrons. The third kappa shape index (κ3) is 8.57. The predicted octanol–water partition coefficient (Wildman–Crippen LogP) is 4.27. The molecule has 2 aromatic heterocycles. The molecule has 4 heterocycles. The standard InChI is InChI=1S/C38H46N8O6/c1-23(2)31(43-37(49)52-6)35(47)45-19-7-9-29(45)33-39-21-27(41-33)17-15-25-11-13-26(14-12-25)16-18-28-22-40-34(42-28)30-10-8-20-46(30)36(48)32(24(3)4)44(5)38(50)51/h11-14,21-24,29-32H,7-10,19-20H2,1-6H3,(H,39,41)(H,40,42)(H,43,49)(H,50,51)/t29?,30-,31-,32-/m0/s1. The number of nitrogens with one attached hydrogen (secondary N) is 3. The molecule has 4 atom stereocenters. The topological polar surface area (TPSA) is 177 Å². The fraction of sp³-hybridized carbons (Fsp3) is 0.474. The van der Waals surface area contributed by atoms with Gasteiger partial charge in [-0.15, -0.1) is 0 Å². The van der Waals surface area contributed by atoms with Crippen LogP contribution in [0.4, 0.5) is 9.59 Å². The van der Waals surface area contributed by atoms with Crippen LogP contribution in [-0.4, -0.2) is 103 Å². The summed E-state index contributed by atoms with van der Waals surface area (Å²) in [6, 6.07) is 5.50. The van der Waals surface area contributed by atoms with Gasteiger partial charge in [-0.1, -0.05) is 39.5 Å². The Hall–Kier alpha value is -5.76. The second-order valence-electron chi connectivity index (χ2n) is 13.7. The molecule has 1 aromatic carbocycles. The molecule has 0 aliphatic carbocycles. The third-order valence-corrected chi connectivity index (χ3v) is 9.45. The number of amides is 4. The lowest BCUT2D eigenvalue weighted by Crippen LogP contribution is -2.51. The van der Waals surface area contributed by atoms with Crippen molar-refractivity contribution in [2.75, 3.05) is 27.2 Å². The van der Waals surface area contributed by atoms with Crippen molar-refractivity contribution in [3.05, 3.63) is 70.8 Å². The number of ether oxygens (including phenoxy) is 1. The van der Waals surface area contributed by atoms with Crippen molar-refractivity contribution in [2.24, 2.45) is 11.8 Å². The summed E-state index contributed by atoms with van der Waals surface area (Å²) in [4.78, 5) is 70.6. The molecule has 1 unspecified atom stereocenters. The zero-order chi connectivity index (χ0) is 37.5. The second kappa shape index (κ2) is 16.5. The van der Waals surface area contributed by atoms with Gasteiger partial charge in [0.2, 0.25) is 11.8 Å². The molecule has 0 saturated carbocycles. The molecule has 4 amide bonds. The number of hydrogen-bond acceptors (Lipinski definition) is 7. The zero-order valence-electron chi connectivity index (χ0n) is 30.4. The van der Waals surface area contributed by atoms with Crippen LogP contribution in [0.3, 0.4) is 0 Å². The first kappa shape index (κ1) is 37.5. The number of imidazole rings is 2. The average Bonchev–Trinajstić information content (AvgIpc) is 3.95. The van der Waals surface area contributed by atoms with Crippen LogP contribution < -0.4 is 5.32 Å². The van der Waals surface area contributed by atoms with Crippen LogP contribution in [0.5, 0.6) is 0 Å². The molecule has 14 heteroatoms. The van der Waals surface area contributed by atoms with Crippen LogP contribution in [0.2, 0.25) is 0 Å². The summed E-state index contributed by atoms with van der Waals surface area (Å²) in [5, 5.41) is 12.2. The number of carboxylic acid groups (broad SMARTS) is 1. The van der Waals surface area contributed by atoms with Gasteiger partial charge in [0.25, 0.3) is 0 Å². The first-order chi connectivity index (χ1) is 24.9. The molecular formula is C38H46N8O6. The van der Waals surface area contributed by atoms with Crippen LogP contribution in [0.15, 0.2) is 36.7 Å². The molecule has 2 aliphatic heterocycles. The smallest absolute Gasteiger partial charge is 0.407 e. The molecule has 2 saturated heterocycles. The Balaban J connectivity index is 1.21. The molecule has 0 spiro atoms. The summed E-state index contributed by atoms with van der Waals surface area (Å²) in [5.74, 6) is 13.0. The van der Waals surface area contributed by atoms with Gasteiger partial charge in [-0.3, -0.25) is 14.5 Å². The number of likely N-dealkylation sites (N-methyl/N-ethyl adjacent to an activating group) is 1. The van der Waals surface area contributed by atoms with Gasteiger partial charge in [-0.05, 0) is 73.6 Å². The molecule has 5 rings (SSSR count). The van der Waals surface area contributed by atoms with E-state index in [9.17, 15) is 24.3 Å². The van der Waals surface area contributed by atoms with Crippen molar-refractivity contribution >= 4 is 24.0 Å². The Morgan fingerprint density at radius 3 is 1.73 bits per heavy atom. The van der Waals surface area contributed by atoms with E-state index in [1.807, 2.05) is 52.0 Å². The van der Waals surface area contributed by atoms with Crippen LogP contribution in [0.1, 0.15) is 99.6 Å². The monoisotopic (exact) mass is 710 g/mol. The highest BCUT2D eigenvalue weighted by Gasteiger charge is 2.40. The van der Waals surface area contributed by atoms with E-state index >= 15 is 0 Å². The third-order valence-electron chi connectivity index (χ3n) is 9.45. The number of rotatable bonds is 8. The van der Waals surface area contributed by atoms with E-state index in [4.69, 9.17) is 4.74 Å². The van der Waals surface area contributed by atoms with E-state index in [1.54, 1.807) is 22.2 Å². The van der Waals surface area contributed by atoms with Gasteiger partial charge >= 0.3 is 12.2 Å². The van der Waals surface area contributed by atoms with E-state index < -0.39 is 24.3 Å². The molecule has 0 bridgehead atoms. The SMILES string of the molecule is COC(=O)N[C@H](C(=O)N1CCCC1c1nc(C#Cc2ccc(C#Cc3c[nH]c([C@@H]4CCCN4C(=O)[C@H](C(C)C)N(C)C(=O)O)n3)cc2)c[nH]1)C(C)C. The minimum absolute atomic E-state index is 0.118. The number of methoxy groups -OCH3 is 1. The van der Waals surface area contributed by atoms with Gasteiger partial charge < -0.3 is 34.9 Å². The van der Waals surface area contributed by atoms with E-state index in [0.29, 0.717) is 36.1 Å². The van der Waals surface area contributed by atoms with Gasteiger partial charge in [0.05, 0.1) is 19.2 Å². The van der Waals surface area contributed by atoms with Gasteiger partial charge in [-0.25, -0.2) is 19.6 Å². The highest BCUT2D eigenvalue weighted by molar-refractivity contribution is 5.87. The summed E-state index contributed by atoms with van der Waals surface area (Å²) in [6.07, 6.45) is 4.76. The fourth-order valence-corrected chi connectivity index (χ4v) is 6.75. The number of carbonyl (C=O) groups excluding carboxylic acids is 3.